The average Bonchev–Trinajstić information content (AvgIpc) is 2.88. The minimum atomic E-state index is -1.07. The molecule has 6 nitrogen and oxygen atoms in total. The van der Waals surface area contributed by atoms with Gasteiger partial charge in [0.15, 0.2) is 0 Å². The molecule has 1 amide bonds. The molecule has 0 spiro atoms. The number of hydrogen-bond donors (Lipinski definition) is 2. The molecular weight excluding hydrogens is 306 g/mol. The number of carboxylic acid groups (broad SMARTS) is 1. The highest BCUT2D eigenvalue weighted by Crippen LogP contribution is 2.17. The molecule has 0 atom stereocenters. The number of hydrogen-bond acceptors (Lipinski definition) is 3. The van der Waals surface area contributed by atoms with Crippen LogP contribution in [0.3, 0.4) is 0 Å². The summed E-state index contributed by atoms with van der Waals surface area (Å²) in [7, 11) is 0. The van der Waals surface area contributed by atoms with Gasteiger partial charge in [-0.25, -0.2) is 9.78 Å². The number of carbonyl (C=O) groups is 2. The first-order chi connectivity index (χ1) is 11.6. The number of imidazole rings is 1. The molecule has 0 saturated heterocycles. The van der Waals surface area contributed by atoms with Gasteiger partial charge in [0.2, 0.25) is 5.91 Å². The number of nitrogens with zero attached hydrogens (tertiary/aromatic N) is 2. The summed E-state index contributed by atoms with van der Waals surface area (Å²) < 4.78 is 1.97. The van der Waals surface area contributed by atoms with Crippen LogP contribution in [0.15, 0.2) is 48.7 Å². The van der Waals surface area contributed by atoms with Crippen LogP contribution in [0.25, 0.3) is 5.65 Å². The van der Waals surface area contributed by atoms with Crippen molar-refractivity contribution in [1.82, 2.24) is 9.38 Å². The van der Waals surface area contributed by atoms with Crippen molar-refractivity contribution < 1.29 is 14.7 Å². The van der Waals surface area contributed by atoms with E-state index in [1.54, 1.807) is 18.2 Å². The van der Waals surface area contributed by atoms with Crippen LogP contribution in [0.4, 0.5) is 5.69 Å². The summed E-state index contributed by atoms with van der Waals surface area (Å²) in [6, 6.07) is 12.1. The largest absolute Gasteiger partial charge is 0.478 e. The third-order valence-electron chi connectivity index (χ3n) is 3.85. The average molecular weight is 323 g/mol. The van der Waals surface area contributed by atoms with Crippen LogP contribution in [0.1, 0.15) is 28.2 Å². The molecule has 2 aromatic heterocycles. The lowest BCUT2D eigenvalue weighted by molar-refractivity contribution is -0.116. The number of benzene rings is 1. The van der Waals surface area contributed by atoms with Gasteiger partial charge in [-0.1, -0.05) is 18.2 Å². The number of carbonyl (C=O) groups excluding carboxylic acids is 1. The molecule has 2 heterocycles. The van der Waals surface area contributed by atoms with E-state index in [4.69, 9.17) is 5.11 Å². The number of aromatic carboxylic acids is 1. The van der Waals surface area contributed by atoms with E-state index < -0.39 is 5.97 Å². The van der Waals surface area contributed by atoms with E-state index in [0.29, 0.717) is 12.1 Å². The lowest BCUT2D eigenvalue weighted by Crippen LogP contribution is -2.15. The first-order valence-electron chi connectivity index (χ1n) is 7.61. The molecule has 0 aliphatic carbocycles. The maximum atomic E-state index is 12.2. The van der Waals surface area contributed by atoms with Crippen molar-refractivity contribution >= 4 is 23.2 Å². The maximum absolute atomic E-state index is 12.2. The molecule has 3 aromatic rings. The second-order valence-electron chi connectivity index (χ2n) is 5.47. The Morgan fingerprint density at radius 3 is 2.71 bits per heavy atom. The summed E-state index contributed by atoms with van der Waals surface area (Å²) in [6.45, 7) is 1.92. The van der Waals surface area contributed by atoms with Gasteiger partial charge < -0.3 is 14.8 Å². The van der Waals surface area contributed by atoms with Gasteiger partial charge >= 0.3 is 5.97 Å². The lowest BCUT2D eigenvalue weighted by Gasteiger charge is -2.08. The maximum Gasteiger partial charge on any atom is 0.337 e. The number of amides is 1. The number of pyridine rings is 1. The number of fused-ring (bicyclic) bond motifs is 1. The van der Waals surface area contributed by atoms with Crippen LogP contribution in [-0.2, 0) is 11.2 Å². The third-order valence-corrected chi connectivity index (χ3v) is 3.85. The predicted octanol–water partition coefficient (Wildman–Crippen LogP) is 2.91. The van der Waals surface area contributed by atoms with E-state index >= 15 is 0 Å². The Hall–Kier alpha value is -3.15. The SMILES string of the molecule is Cc1nc2ccccn2c1CCC(=O)Nc1ccccc1C(=O)O. The highest BCUT2D eigenvalue weighted by atomic mass is 16.4. The van der Waals surface area contributed by atoms with Gasteiger partial charge in [-0.3, -0.25) is 4.79 Å². The van der Waals surface area contributed by atoms with E-state index in [-0.39, 0.29) is 17.9 Å². The van der Waals surface area contributed by atoms with Crippen LogP contribution < -0.4 is 5.32 Å². The molecule has 0 aliphatic rings. The fourth-order valence-corrected chi connectivity index (χ4v) is 2.69. The Balaban J connectivity index is 1.72. The fraction of sp³-hybridized carbons (Fsp3) is 0.167. The first-order valence-corrected chi connectivity index (χ1v) is 7.61. The number of para-hydroxylation sites is 1. The zero-order valence-electron chi connectivity index (χ0n) is 13.2. The monoisotopic (exact) mass is 323 g/mol. The van der Waals surface area contributed by atoms with Crippen molar-refractivity contribution in [2.45, 2.75) is 19.8 Å². The summed E-state index contributed by atoms with van der Waals surface area (Å²) in [4.78, 5) is 27.8. The predicted molar refractivity (Wildman–Crippen MR) is 90.3 cm³/mol. The number of nitrogens with one attached hydrogen (secondary N) is 1. The van der Waals surface area contributed by atoms with Gasteiger partial charge in [0.05, 0.1) is 16.9 Å². The van der Waals surface area contributed by atoms with Gasteiger partial charge in [0, 0.05) is 18.3 Å². The molecule has 6 heteroatoms. The molecule has 0 saturated carbocycles. The molecule has 3 rings (SSSR count). The number of anilines is 1. The highest BCUT2D eigenvalue weighted by molar-refractivity contribution is 6.00. The molecular formula is C18H17N3O3. The Morgan fingerprint density at radius 2 is 1.92 bits per heavy atom. The van der Waals surface area contributed by atoms with Crippen LogP contribution in [0.2, 0.25) is 0 Å². The molecule has 0 bridgehead atoms. The normalized spacial score (nSPS) is 10.7. The van der Waals surface area contributed by atoms with Crippen molar-refractivity contribution in [2.24, 2.45) is 0 Å². The molecule has 0 unspecified atom stereocenters. The Kier molecular flexibility index (Phi) is 4.29. The van der Waals surface area contributed by atoms with Crippen LogP contribution >= 0.6 is 0 Å². The zero-order valence-corrected chi connectivity index (χ0v) is 13.2. The molecule has 2 N–H and O–H groups in total. The van der Waals surface area contributed by atoms with E-state index in [1.165, 1.54) is 6.07 Å². The van der Waals surface area contributed by atoms with Crippen LogP contribution in [0.5, 0.6) is 0 Å². The fourth-order valence-electron chi connectivity index (χ4n) is 2.69. The quantitative estimate of drug-likeness (QED) is 0.756. The summed E-state index contributed by atoms with van der Waals surface area (Å²) in [5.41, 5.74) is 3.11. The standard InChI is InChI=1S/C18H17N3O3/c1-12-15(21-11-5-4-8-16(21)19-12)9-10-17(22)20-14-7-3-2-6-13(14)18(23)24/h2-8,11H,9-10H2,1H3,(H,20,22)(H,23,24). The number of aryl methyl sites for hydroxylation is 2. The number of carboxylic acids is 1. The van der Waals surface area contributed by atoms with Gasteiger partial charge in [-0.05, 0) is 37.6 Å². The van der Waals surface area contributed by atoms with Crippen LogP contribution in [-0.4, -0.2) is 26.4 Å². The van der Waals surface area contributed by atoms with E-state index in [0.717, 1.165) is 17.0 Å². The van der Waals surface area contributed by atoms with Crippen molar-refractivity contribution in [3.63, 3.8) is 0 Å². The van der Waals surface area contributed by atoms with Gasteiger partial charge in [0.25, 0.3) is 0 Å². The topological polar surface area (TPSA) is 83.7 Å². The molecule has 0 fully saturated rings. The van der Waals surface area contributed by atoms with E-state index in [2.05, 4.69) is 10.3 Å². The molecule has 0 radical (unpaired) electrons. The Bertz CT molecular complexity index is 915. The molecule has 0 aliphatic heterocycles. The minimum Gasteiger partial charge on any atom is -0.478 e. The summed E-state index contributed by atoms with van der Waals surface area (Å²) >= 11 is 0. The second-order valence-corrected chi connectivity index (χ2v) is 5.47. The third kappa shape index (κ3) is 3.12. The van der Waals surface area contributed by atoms with Crippen molar-refractivity contribution in [3.8, 4) is 0 Å². The highest BCUT2D eigenvalue weighted by Gasteiger charge is 2.13. The smallest absolute Gasteiger partial charge is 0.337 e. The summed E-state index contributed by atoms with van der Waals surface area (Å²) in [6.07, 6.45) is 2.69. The van der Waals surface area contributed by atoms with Gasteiger partial charge in [-0.15, -0.1) is 0 Å². The van der Waals surface area contributed by atoms with Gasteiger partial charge in [0.1, 0.15) is 5.65 Å². The number of aromatic nitrogens is 2. The first kappa shape index (κ1) is 15.7. The van der Waals surface area contributed by atoms with E-state index in [1.807, 2.05) is 35.7 Å². The van der Waals surface area contributed by atoms with Crippen molar-refractivity contribution in [3.05, 3.63) is 65.6 Å². The number of rotatable bonds is 5. The van der Waals surface area contributed by atoms with E-state index in [9.17, 15) is 9.59 Å². The van der Waals surface area contributed by atoms with Crippen LogP contribution in [0, 0.1) is 6.92 Å². The minimum absolute atomic E-state index is 0.0804. The molecule has 1 aromatic carbocycles. The Morgan fingerprint density at radius 1 is 1.17 bits per heavy atom. The summed E-state index contributed by atoms with van der Waals surface area (Å²) in [5.74, 6) is -1.29. The second kappa shape index (κ2) is 6.54. The summed E-state index contributed by atoms with van der Waals surface area (Å²) in [5, 5.41) is 11.8. The van der Waals surface area contributed by atoms with Crippen molar-refractivity contribution in [1.29, 1.82) is 0 Å². The van der Waals surface area contributed by atoms with Crippen molar-refractivity contribution in [2.75, 3.05) is 5.32 Å². The zero-order chi connectivity index (χ0) is 17.1. The molecule has 122 valence electrons. The molecule has 24 heavy (non-hydrogen) atoms. The van der Waals surface area contributed by atoms with Gasteiger partial charge in [-0.2, -0.15) is 0 Å². The lowest BCUT2D eigenvalue weighted by atomic mass is 10.1. The Labute approximate surface area is 138 Å².